The maximum atomic E-state index is 4.31. The quantitative estimate of drug-likeness (QED) is 0.501. The molecule has 0 radical (unpaired) electrons. The minimum Gasteiger partial charge on any atom is -0.151 e. The van der Waals surface area contributed by atoms with Crippen LogP contribution < -0.4 is 0 Å². The van der Waals surface area contributed by atoms with E-state index in [-0.39, 0.29) is 0 Å². The number of benzene rings is 3. The zero-order valence-corrected chi connectivity index (χ0v) is 11.9. The normalized spacial score (nSPS) is 11.7. The lowest BCUT2D eigenvalue weighted by Gasteiger charge is -1.98. The van der Waals surface area contributed by atoms with E-state index in [0.717, 1.165) is 11.4 Å². The van der Waals surface area contributed by atoms with Gasteiger partial charge in [0, 0.05) is 0 Å². The number of hydrogen-bond acceptors (Lipinski definition) is 2. The molecule has 21 heavy (non-hydrogen) atoms. The van der Waals surface area contributed by atoms with Crippen LogP contribution in [0.2, 0.25) is 0 Å². The molecule has 0 heterocycles. The van der Waals surface area contributed by atoms with Crippen molar-refractivity contribution in [2.24, 2.45) is 10.2 Å². The Kier molecular flexibility index (Phi) is 3.88. The predicted molar refractivity (Wildman–Crippen MR) is 89.3 cm³/mol. The minimum atomic E-state index is 0.858. The van der Waals surface area contributed by atoms with E-state index in [2.05, 4.69) is 34.5 Å². The van der Waals surface area contributed by atoms with Crippen LogP contribution in [0.5, 0.6) is 0 Å². The fourth-order valence-electron chi connectivity index (χ4n) is 2.20. The summed E-state index contributed by atoms with van der Waals surface area (Å²) in [5.41, 5.74) is 2.89. The lowest BCUT2D eigenvalue weighted by Crippen LogP contribution is -1.71. The first-order chi connectivity index (χ1) is 10.3. The van der Waals surface area contributed by atoms with Crippen LogP contribution in [-0.2, 0) is 0 Å². The number of fused-ring (bicyclic) bond motifs is 1. The monoisotopic (exact) mass is 272 g/mol. The van der Waals surface area contributed by atoms with Gasteiger partial charge in [-0.25, -0.2) is 0 Å². The first-order valence-electron chi connectivity index (χ1n) is 6.98. The summed E-state index contributed by atoms with van der Waals surface area (Å²) in [5, 5.41) is 11.0. The largest absolute Gasteiger partial charge is 0.151 e. The summed E-state index contributed by atoms with van der Waals surface area (Å²) in [6, 6.07) is 22.4. The molecule has 2 heteroatoms. The van der Waals surface area contributed by atoms with Crippen molar-refractivity contribution in [2.45, 2.75) is 6.92 Å². The van der Waals surface area contributed by atoms with Crippen LogP contribution in [0.4, 0.5) is 11.4 Å². The number of allylic oxidation sites excluding steroid dienone is 1. The van der Waals surface area contributed by atoms with Crippen molar-refractivity contribution in [3.8, 4) is 0 Å². The molecule has 0 spiro atoms. The zero-order valence-electron chi connectivity index (χ0n) is 11.9. The molecule has 2 nitrogen and oxygen atoms in total. The first kappa shape index (κ1) is 13.3. The third-order valence-electron chi connectivity index (χ3n) is 3.27. The second-order valence-electron chi connectivity index (χ2n) is 4.82. The van der Waals surface area contributed by atoms with E-state index in [9.17, 15) is 0 Å². The van der Waals surface area contributed by atoms with Crippen LogP contribution in [0, 0.1) is 0 Å². The van der Waals surface area contributed by atoms with Gasteiger partial charge in [0.1, 0.15) is 0 Å². The van der Waals surface area contributed by atoms with E-state index in [4.69, 9.17) is 0 Å². The maximum absolute atomic E-state index is 4.31. The van der Waals surface area contributed by atoms with Gasteiger partial charge in [0.25, 0.3) is 0 Å². The number of azo groups is 1. The van der Waals surface area contributed by atoms with Gasteiger partial charge in [-0.1, -0.05) is 54.6 Å². The zero-order chi connectivity index (χ0) is 14.5. The molecule has 0 aliphatic heterocycles. The lowest BCUT2D eigenvalue weighted by atomic mass is 10.1. The van der Waals surface area contributed by atoms with Gasteiger partial charge < -0.3 is 0 Å². The van der Waals surface area contributed by atoms with Gasteiger partial charge in [-0.15, -0.1) is 0 Å². The van der Waals surface area contributed by atoms with Crippen molar-refractivity contribution in [1.82, 2.24) is 0 Å². The van der Waals surface area contributed by atoms with Gasteiger partial charge in [-0.2, -0.15) is 10.2 Å². The highest BCUT2D eigenvalue weighted by atomic mass is 15.1. The highest BCUT2D eigenvalue weighted by molar-refractivity contribution is 5.85. The molecule has 0 atom stereocenters. The van der Waals surface area contributed by atoms with E-state index >= 15 is 0 Å². The third-order valence-corrected chi connectivity index (χ3v) is 3.27. The van der Waals surface area contributed by atoms with Crippen molar-refractivity contribution in [3.05, 3.63) is 78.4 Å². The van der Waals surface area contributed by atoms with Crippen LogP contribution in [0.15, 0.2) is 83.0 Å². The molecule has 3 rings (SSSR count). The van der Waals surface area contributed by atoms with Gasteiger partial charge in [-0.3, -0.25) is 0 Å². The van der Waals surface area contributed by atoms with Crippen molar-refractivity contribution in [2.75, 3.05) is 0 Å². The summed E-state index contributed by atoms with van der Waals surface area (Å²) in [6.45, 7) is 2.01. The summed E-state index contributed by atoms with van der Waals surface area (Å²) in [5.74, 6) is 0. The molecule has 102 valence electrons. The third kappa shape index (κ3) is 3.23. The highest BCUT2D eigenvalue weighted by Crippen LogP contribution is 2.23. The highest BCUT2D eigenvalue weighted by Gasteiger charge is 1.95. The van der Waals surface area contributed by atoms with Crippen molar-refractivity contribution >= 4 is 28.2 Å². The van der Waals surface area contributed by atoms with Crippen LogP contribution in [0.3, 0.4) is 0 Å². The average molecular weight is 272 g/mol. The summed E-state index contributed by atoms with van der Waals surface area (Å²) in [7, 11) is 0. The molecule has 0 N–H and O–H groups in total. The number of hydrogen-bond donors (Lipinski definition) is 0. The molecule has 0 aliphatic carbocycles. The Hall–Kier alpha value is -2.74. The molecule has 0 aliphatic rings. The molecule has 0 saturated carbocycles. The molecule has 3 aromatic carbocycles. The van der Waals surface area contributed by atoms with Gasteiger partial charge in [0.05, 0.1) is 11.4 Å². The van der Waals surface area contributed by atoms with E-state index < -0.39 is 0 Å². The summed E-state index contributed by atoms with van der Waals surface area (Å²) in [4.78, 5) is 0. The summed E-state index contributed by atoms with van der Waals surface area (Å²) < 4.78 is 0. The second-order valence-corrected chi connectivity index (χ2v) is 4.82. The van der Waals surface area contributed by atoms with Gasteiger partial charge in [0.15, 0.2) is 0 Å². The Bertz CT molecular complexity index is 799. The van der Waals surface area contributed by atoms with Crippen LogP contribution in [-0.4, -0.2) is 0 Å². The standard InChI is InChI=1S/C19H16N2/c1-2-5-15-8-11-18(12-9-15)20-21-19-13-10-16-6-3-4-7-17(16)14-19/h2-14H,1H3/b5-2+,21-20?. The van der Waals surface area contributed by atoms with Gasteiger partial charge >= 0.3 is 0 Å². The van der Waals surface area contributed by atoms with Gasteiger partial charge in [-0.05, 0) is 47.5 Å². The van der Waals surface area contributed by atoms with E-state index in [1.165, 1.54) is 16.3 Å². The van der Waals surface area contributed by atoms with Crippen molar-refractivity contribution < 1.29 is 0 Å². The maximum Gasteiger partial charge on any atom is 0.0863 e. The fourth-order valence-corrected chi connectivity index (χ4v) is 2.20. The van der Waals surface area contributed by atoms with Crippen LogP contribution in [0.1, 0.15) is 12.5 Å². The van der Waals surface area contributed by atoms with Crippen molar-refractivity contribution in [1.29, 1.82) is 0 Å². The fraction of sp³-hybridized carbons (Fsp3) is 0.0526. The van der Waals surface area contributed by atoms with E-state index in [1.807, 2.05) is 61.5 Å². The molecule has 0 unspecified atom stereocenters. The Balaban J connectivity index is 1.83. The average Bonchev–Trinajstić information content (AvgIpc) is 2.54. The lowest BCUT2D eigenvalue weighted by molar-refractivity contribution is 1.23. The second kappa shape index (κ2) is 6.14. The Morgan fingerprint density at radius 3 is 2.14 bits per heavy atom. The minimum absolute atomic E-state index is 0.858. The Labute approximate surface area is 124 Å². The Morgan fingerprint density at radius 2 is 1.38 bits per heavy atom. The summed E-state index contributed by atoms with van der Waals surface area (Å²) >= 11 is 0. The van der Waals surface area contributed by atoms with E-state index in [1.54, 1.807) is 0 Å². The number of rotatable bonds is 3. The molecule has 3 aromatic rings. The first-order valence-corrected chi connectivity index (χ1v) is 6.98. The smallest absolute Gasteiger partial charge is 0.0863 e. The van der Waals surface area contributed by atoms with Crippen LogP contribution >= 0.6 is 0 Å². The van der Waals surface area contributed by atoms with E-state index in [0.29, 0.717) is 0 Å². The summed E-state index contributed by atoms with van der Waals surface area (Å²) in [6.07, 6.45) is 4.08. The van der Waals surface area contributed by atoms with Crippen molar-refractivity contribution in [3.63, 3.8) is 0 Å². The molecule has 0 bridgehead atoms. The molecular weight excluding hydrogens is 256 g/mol. The molecule has 0 fully saturated rings. The van der Waals surface area contributed by atoms with Gasteiger partial charge in [0.2, 0.25) is 0 Å². The Morgan fingerprint density at radius 1 is 0.714 bits per heavy atom. The molecule has 0 aromatic heterocycles. The number of nitrogens with zero attached hydrogens (tertiary/aromatic N) is 2. The SMILES string of the molecule is C/C=C/c1ccc(N=Nc2ccc3ccccc3c2)cc1. The molecule has 0 amide bonds. The molecular formula is C19H16N2. The molecule has 0 saturated heterocycles. The predicted octanol–water partition coefficient (Wildman–Crippen LogP) is 6.29. The topological polar surface area (TPSA) is 24.7 Å². The van der Waals surface area contributed by atoms with Crippen LogP contribution in [0.25, 0.3) is 16.8 Å².